The molecule has 1 aliphatic heterocycles. The number of fused-ring (bicyclic) bond motifs is 1. The lowest BCUT2D eigenvalue weighted by molar-refractivity contribution is 0.0305. The maximum atomic E-state index is 5.92. The van der Waals surface area contributed by atoms with Gasteiger partial charge < -0.3 is 14.8 Å². The normalized spacial score (nSPS) is 16.7. The molecule has 8 heteroatoms. The van der Waals surface area contributed by atoms with Gasteiger partial charge in [-0.1, -0.05) is 30.3 Å². The van der Waals surface area contributed by atoms with Crippen LogP contribution in [0.25, 0.3) is 16.9 Å². The molecule has 0 saturated carbocycles. The summed E-state index contributed by atoms with van der Waals surface area (Å²) in [6, 6.07) is 16.3. The molecule has 5 rings (SSSR count). The van der Waals surface area contributed by atoms with Crippen molar-refractivity contribution in [2.75, 3.05) is 25.6 Å². The Labute approximate surface area is 186 Å². The van der Waals surface area contributed by atoms with Crippen molar-refractivity contribution < 1.29 is 9.47 Å². The Hall–Kier alpha value is -3.36. The molecule has 0 amide bonds. The van der Waals surface area contributed by atoms with Crippen molar-refractivity contribution in [3.63, 3.8) is 0 Å². The highest BCUT2D eigenvalue weighted by atomic mass is 16.5. The van der Waals surface area contributed by atoms with Crippen LogP contribution in [0.4, 0.5) is 5.95 Å². The zero-order chi connectivity index (χ0) is 22.0. The third-order valence-corrected chi connectivity index (χ3v) is 6.08. The van der Waals surface area contributed by atoms with E-state index < -0.39 is 5.60 Å². The third kappa shape index (κ3) is 3.83. The number of benzene rings is 1. The summed E-state index contributed by atoms with van der Waals surface area (Å²) in [4.78, 5) is 9.11. The second-order valence-corrected chi connectivity index (χ2v) is 8.07. The number of methoxy groups -OCH3 is 1. The predicted octanol–water partition coefficient (Wildman–Crippen LogP) is 3.69. The first-order chi connectivity index (χ1) is 15.7. The number of pyridine rings is 1. The van der Waals surface area contributed by atoms with Crippen LogP contribution in [0.3, 0.4) is 0 Å². The van der Waals surface area contributed by atoms with Gasteiger partial charge in [0.1, 0.15) is 5.60 Å². The van der Waals surface area contributed by atoms with E-state index in [0.717, 1.165) is 54.3 Å². The van der Waals surface area contributed by atoms with Crippen LogP contribution in [0.2, 0.25) is 0 Å². The van der Waals surface area contributed by atoms with Gasteiger partial charge in [-0.2, -0.15) is 0 Å². The Bertz CT molecular complexity index is 1210. The van der Waals surface area contributed by atoms with Gasteiger partial charge in [0.25, 0.3) is 0 Å². The molecule has 1 unspecified atom stereocenters. The summed E-state index contributed by atoms with van der Waals surface area (Å²) < 4.78 is 13.3. The SMILES string of the molecule is COC(C)(c1ccccc1)c1nnc2cc(-c3ccnc(NC4CCOCC4)n3)ccn12. The van der Waals surface area contributed by atoms with E-state index in [1.54, 1.807) is 13.3 Å². The van der Waals surface area contributed by atoms with Gasteiger partial charge in [0, 0.05) is 44.3 Å². The van der Waals surface area contributed by atoms with Crippen molar-refractivity contribution in [1.29, 1.82) is 0 Å². The average molecular weight is 431 g/mol. The highest BCUT2D eigenvalue weighted by Gasteiger charge is 2.33. The number of nitrogens with one attached hydrogen (secondary N) is 1. The molecule has 4 heterocycles. The molecule has 0 bridgehead atoms. The number of aromatic nitrogens is 5. The molecule has 1 fully saturated rings. The molecule has 8 nitrogen and oxygen atoms in total. The second kappa shape index (κ2) is 8.64. The minimum Gasteiger partial charge on any atom is -0.381 e. The third-order valence-electron chi connectivity index (χ3n) is 6.08. The summed E-state index contributed by atoms with van der Waals surface area (Å²) in [5.41, 5.74) is 2.81. The molecule has 1 saturated heterocycles. The molecule has 3 aromatic heterocycles. The molecule has 164 valence electrons. The van der Waals surface area contributed by atoms with Crippen LogP contribution in [-0.4, -0.2) is 50.9 Å². The summed E-state index contributed by atoms with van der Waals surface area (Å²) in [6.45, 7) is 3.55. The molecule has 1 atom stereocenters. The number of rotatable bonds is 6. The summed E-state index contributed by atoms with van der Waals surface area (Å²) in [5.74, 6) is 1.35. The molecule has 1 aliphatic rings. The molecule has 1 aromatic carbocycles. The second-order valence-electron chi connectivity index (χ2n) is 8.07. The summed E-state index contributed by atoms with van der Waals surface area (Å²) in [5, 5.41) is 12.3. The van der Waals surface area contributed by atoms with Gasteiger partial charge in [-0.05, 0) is 43.5 Å². The van der Waals surface area contributed by atoms with E-state index in [0.29, 0.717) is 12.0 Å². The van der Waals surface area contributed by atoms with E-state index >= 15 is 0 Å². The lowest BCUT2D eigenvalue weighted by Gasteiger charge is -2.26. The lowest BCUT2D eigenvalue weighted by atomic mass is 9.95. The molecule has 0 radical (unpaired) electrons. The highest BCUT2D eigenvalue weighted by Crippen LogP contribution is 2.32. The molecule has 0 spiro atoms. The van der Waals surface area contributed by atoms with Gasteiger partial charge >= 0.3 is 0 Å². The largest absolute Gasteiger partial charge is 0.381 e. The number of nitrogens with zero attached hydrogens (tertiary/aromatic N) is 5. The minimum absolute atomic E-state index is 0.338. The standard InChI is InChI=1S/C24H26N6O2/c1-24(31-2,18-6-4-3-5-7-18)22-29-28-21-16-17(9-13-30(21)22)20-8-12-25-23(27-20)26-19-10-14-32-15-11-19/h3-9,12-13,16,19H,10-11,14-15H2,1-2H3,(H,25,26,27). The Morgan fingerprint density at radius 2 is 1.91 bits per heavy atom. The Balaban J connectivity index is 1.46. The van der Waals surface area contributed by atoms with Crippen molar-refractivity contribution in [3.8, 4) is 11.3 Å². The predicted molar refractivity (Wildman–Crippen MR) is 121 cm³/mol. The van der Waals surface area contributed by atoms with E-state index in [2.05, 4.69) is 20.5 Å². The van der Waals surface area contributed by atoms with Crippen LogP contribution in [0.15, 0.2) is 60.9 Å². The summed E-state index contributed by atoms with van der Waals surface area (Å²) >= 11 is 0. The van der Waals surface area contributed by atoms with Crippen molar-refractivity contribution >= 4 is 11.6 Å². The van der Waals surface area contributed by atoms with Crippen molar-refractivity contribution in [3.05, 3.63) is 72.3 Å². The molecule has 32 heavy (non-hydrogen) atoms. The van der Waals surface area contributed by atoms with E-state index in [4.69, 9.17) is 14.5 Å². The number of hydrogen-bond acceptors (Lipinski definition) is 7. The van der Waals surface area contributed by atoms with E-state index in [1.165, 1.54) is 0 Å². The lowest BCUT2D eigenvalue weighted by Crippen LogP contribution is -2.28. The fraction of sp³-hybridized carbons (Fsp3) is 0.333. The topological polar surface area (TPSA) is 86.5 Å². The van der Waals surface area contributed by atoms with Gasteiger partial charge in [0.05, 0.1) is 5.69 Å². The summed E-state index contributed by atoms with van der Waals surface area (Å²) in [6.07, 6.45) is 5.66. The van der Waals surface area contributed by atoms with Gasteiger partial charge in [0.15, 0.2) is 11.5 Å². The zero-order valence-corrected chi connectivity index (χ0v) is 18.2. The number of anilines is 1. The Kier molecular flexibility index (Phi) is 5.55. The van der Waals surface area contributed by atoms with Gasteiger partial charge in [-0.25, -0.2) is 9.97 Å². The van der Waals surface area contributed by atoms with Crippen LogP contribution in [0.5, 0.6) is 0 Å². The maximum Gasteiger partial charge on any atom is 0.223 e. The molecular weight excluding hydrogens is 404 g/mol. The average Bonchev–Trinajstić information content (AvgIpc) is 3.29. The van der Waals surface area contributed by atoms with Crippen LogP contribution >= 0.6 is 0 Å². The van der Waals surface area contributed by atoms with Crippen molar-refractivity contribution in [2.45, 2.75) is 31.4 Å². The maximum absolute atomic E-state index is 5.92. The van der Waals surface area contributed by atoms with Gasteiger partial charge in [-0.15, -0.1) is 10.2 Å². The van der Waals surface area contributed by atoms with Crippen LogP contribution in [0.1, 0.15) is 31.2 Å². The molecule has 1 N–H and O–H groups in total. The van der Waals surface area contributed by atoms with Crippen molar-refractivity contribution in [1.82, 2.24) is 24.6 Å². The van der Waals surface area contributed by atoms with E-state index in [1.807, 2.05) is 66.1 Å². The van der Waals surface area contributed by atoms with Crippen LogP contribution < -0.4 is 5.32 Å². The smallest absolute Gasteiger partial charge is 0.223 e. The molecule has 0 aliphatic carbocycles. The van der Waals surface area contributed by atoms with Crippen LogP contribution in [-0.2, 0) is 15.1 Å². The number of hydrogen-bond donors (Lipinski definition) is 1. The van der Waals surface area contributed by atoms with Gasteiger partial charge in [0.2, 0.25) is 5.95 Å². The minimum atomic E-state index is -0.724. The summed E-state index contributed by atoms with van der Waals surface area (Å²) in [7, 11) is 1.69. The van der Waals surface area contributed by atoms with E-state index in [9.17, 15) is 0 Å². The van der Waals surface area contributed by atoms with Gasteiger partial charge in [-0.3, -0.25) is 4.40 Å². The monoisotopic (exact) mass is 430 g/mol. The first-order valence-electron chi connectivity index (χ1n) is 10.8. The first kappa shape index (κ1) is 20.5. The fourth-order valence-corrected chi connectivity index (χ4v) is 4.08. The zero-order valence-electron chi connectivity index (χ0n) is 18.2. The highest BCUT2D eigenvalue weighted by molar-refractivity contribution is 5.64. The van der Waals surface area contributed by atoms with Crippen molar-refractivity contribution in [2.24, 2.45) is 0 Å². The first-order valence-corrected chi connectivity index (χ1v) is 10.8. The fourth-order valence-electron chi connectivity index (χ4n) is 4.08. The number of ether oxygens (including phenoxy) is 2. The molecular formula is C24H26N6O2. The Morgan fingerprint density at radius 3 is 2.69 bits per heavy atom. The molecule has 4 aromatic rings. The van der Waals surface area contributed by atoms with E-state index in [-0.39, 0.29) is 0 Å². The van der Waals surface area contributed by atoms with Crippen LogP contribution in [0, 0.1) is 0 Å². The quantitative estimate of drug-likeness (QED) is 0.499. The Morgan fingerprint density at radius 1 is 1.09 bits per heavy atom.